The van der Waals surface area contributed by atoms with E-state index in [0.29, 0.717) is 18.4 Å². The Morgan fingerprint density at radius 1 is 0.933 bits per heavy atom. The summed E-state index contributed by atoms with van der Waals surface area (Å²) >= 11 is 0. The molecule has 0 atom stereocenters. The number of ether oxygens (including phenoxy) is 1. The van der Waals surface area contributed by atoms with Crippen LogP contribution in [-0.4, -0.2) is 10.5 Å². The second kappa shape index (κ2) is 9.30. The van der Waals surface area contributed by atoms with Crippen molar-refractivity contribution in [3.63, 3.8) is 0 Å². The van der Waals surface area contributed by atoms with Crippen molar-refractivity contribution >= 4 is 5.91 Å². The molecule has 0 saturated heterocycles. The molecular weight excluding hydrogens is 397 g/mol. The molecule has 5 nitrogen and oxygen atoms in total. The molecule has 0 fully saturated rings. The Morgan fingerprint density at radius 2 is 1.63 bits per heavy atom. The zero-order valence-electron chi connectivity index (χ0n) is 15.9. The molecule has 30 heavy (non-hydrogen) atoms. The van der Waals surface area contributed by atoms with Gasteiger partial charge in [-0.1, -0.05) is 42.5 Å². The molecule has 2 aromatic carbocycles. The number of hydrogen-bond donors (Lipinski definition) is 1. The number of rotatable bonds is 7. The van der Waals surface area contributed by atoms with E-state index in [0.717, 1.165) is 28.0 Å². The molecule has 0 aliphatic rings. The lowest BCUT2D eigenvalue weighted by Crippen LogP contribution is -2.34. The molecule has 0 spiro atoms. The van der Waals surface area contributed by atoms with Gasteiger partial charge in [-0.3, -0.25) is 9.59 Å². The quantitative estimate of drug-likeness (QED) is 0.638. The first-order valence-corrected chi connectivity index (χ1v) is 9.12. The standard InChI is InChI=1S/C22H19F3N2O3/c23-22(24,25)19-7-4-12-27(21(19)29)14-20(28)26-13-16-8-10-18(11-9-16)30-15-17-5-2-1-3-6-17/h1-12H,13-15H2,(H,26,28). The number of nitrogens with zero attached hydrogens (tertiary/aromatic N) is 1. The number of pyridine rings is 1. The predicted octanol–water partition coefficient (Wildman–Crippen LogP) is 3.76. The van der Waals surface area contributed by atoms with Crippen molar-refractivity contribution < 1.29 is 22.7 Å². The maximum atomic E-state index is 12.8. The maximum Gasteiger partial charge on any atom is 0.421 e. The second-order valence-electron chi connectivity index (χ2n) is 6.55. The first-order valence-electron chi connectivity index (χ1n) is 9.12. The molecule has 0 unspecified atom stereocenters. The van der Waals surface area contributed by atoms with Gasteiger partial charge in [0, 0.05) is 12.7 Å². The molecule has 1 amide bonds. The molecule has 1 aromatic heterocycles. The van der Waals surface area contributed by atoms with Gasteiger partial charge in [-0.15, -0.1) is 0 Å². The van der Waals surface area contributed by atoms with E-state index in [1.165, 1.54) is 0 Å². The molecular formula is C22H19F3N2O3. The average Bonchev–Trinajstić information content (AvgIpc) is 2.73. The monoisotopic (exact) mass is 416 g/mol. The third-order valence-corrected chi connectivity index (χ3v) is 4.30. The van der Waals surface area contributed by atoms with E-state index < -0.39 is 29.8 Å². The largest absolute Gasteiger partial charge is 0.489 e. The third-order valence-electron chi connectivity index (χ3n) is 4.30. The van der Waals surface area contributed by atoms with Gasteiger partial charge < -0.3 is 14.6 Å². The van der Waals surface area contributed by atoms with Gasteiger partial charge in [-0.25, -0.2) is 0 Å². The molecule has 156 valence electrons. The SMILES string of the molecule is O=C(Cn1cccc(C(F)(F)F)c1=O)NCc1ccc(OCc2ccccc2)cc1. The van der Waals surface area contributed by atoms with Crippen LogP contribution in [0.1, 0.15) is 16.7 Å². The highest BCUT2D eigenvalue weighted by Crippen LogP contribution is 2.25. The van der Waals surface area contributed by atoms with Crippen molar-refractivity contribution in [2.45, 2.75) is 25.9 Å². The van der Waals surface area contributed by atoms with Crippen LogP contribution in [0.2, 0.25) is 0 Å². The number of carbonyl (C=O) groups is 1. The van der Waals surface area contributed by atoms with E-state index >= 15 is 0 Å². The summed E-state index contributed by atoms with van der Waals surface area (Å²) in [5.74, 6) is 0.102. The highest BCUT2D eigenvalue weighted by Gasteiger charge is 2.34. The van der Waals surface area contributed by atoms with Crippen molar-refractivity contribution in [1.82, 2.24) is 9.88 Å². The zero-order valence-corrected chi connectivity index (χ0v) is 15.9. The average molecular weight is 416 g/mol. The van der Waals surface area contributed by atoms with Crippen molar-refractivity contribution in [2.24, 2.45) is 0 Å². The van der Waals surface area contributed by atoms with Crippen LogP contribution in [0, 0.1) is 0 Å². The Hall–Kier alpha value is -3.55. The molecule has 8 heteroatoms. The van der Waals surface area contributed by atoms with Gasteiger partial charge in [0.05, 0.1) is 0 Å². The predicted molar refractivity (Wildman–Crippen MR) is 105 cm³/mol. The van der Waals surface area contributed by atoms with E-state index in [9.17, 15) is 22.8 Å². The summed E-state index contributed by atoms with van der Waals surface area (Å²) in [5.41, 5.74) is -0.727. The van der Waals surface area contributed by atoms with E-state index in [-0.39, 0.29) is 6.54 Å². The molecule has 0 aliphatic heterocycles. The summed E-state index contributed by atoms with van der Waals surface area (Å²) in [6, 6.07) is 18.6. The van der Waals surface area contributed by atoms with Crippen LogP contribution in [0.3, 0.4) is 0 Å². The highest BCUT2D eigenvalue weighted by molar-refractivity contribution is 5.75. The van der Waals surface area contributed by atoms with E-state index in [1.54, 1.807) is 24.3 Å². The number of halogens is 3. The Bertz CT molecular complexity index is 1050. The Morgan fingerprint density at radius 3 is 2.30 bits per heavy atom. The van der Waals surface area contributed by atoms with E-state index in [4.69, 9.17) is 4.74 Å². The van der Waals surface area contributed by atoms with Gasteiger partial charge in [-0.2, -0.15) is 13.2 Å². The molecule has 1 N–H and O–H groups in total. The first-order chi connectivity index (χ1) is 14.3. The van der Waals surface area contributed by atoms with Gasteiger partial charge in [0.2, 0.25) is 5.91 Å². The van der Waals surface area contributed by atoms with E-state index in [2.05, 4.69) is 5.32 Å². The van der Waals surface area contributed by atoms with Crippen LogP contribution in [0.4, 0.5) is 13.2 Å². The smallest absolute Gasteiger partial charge is 0.421 e. The fourth-order valence-corrected chi connectivity index (χ4v) is 2.73. The Balaban J connectivity index is 1.52. The summed E-state index contributed by atoms with van der Waals surface area (Å²) in [4.78, 5) is 23.9. The van der Waals surface area contributed by atoms with Gasteiger partial charge in [-0.05, 0) is 35.4 Å². The van der Waals surface area contributed by atoms with Crippen molar-refractivity contribution in [3.05, 3.63) is 100.0 Å². The van der Waals surface area contributed by atoms with Crippen molar-refractivity contribution in [1.29, 1.82) is 0 Å². The molecule has 0 bridgehead atoms. The summed E-state index contributed by atoms with van der Waals surface area (Å²) in [6.07, 6.45) is -3.61. The summed E-state index contributed by atoms with van der Waals surface area (Å²) in [5, 5.41) is 2.59. The Kier molecular flexibility index (Phi) is 6.56. The molecule has 0 saturated carbocycles. The van der Waals surface area contributed by atoms with Crippen molar-refractivity contribution in [3.8, 4) is 5.75 Å². The van der Waals surface area contributed by atoms with Gasteiger partial charge in [0.1, 0.15) is 24.5 Å². The Labute approximate surface area is 170 Å². The number of carbonyl (C=O) groups excluding carboxylic acids is 1. The minimum atomic E-state index is -4.76. The van der Waals surface area contributed by atoms with Crippen LogP contribution in [0.15, 0.2) is 77.7 Å². The lowest BCUT2D eigenvalue weighted by atomic mass is 10.2. The number of nitrogens with one attached hydrogen (secondary N) is 1. The second-order valence-corrected chi connectivity index (χ2v) is 6.55. The molecule has 0 aliphatic carbocycles. The van der Waals surface area contributed by atoms with Gasteiger partial charge >= 0.3 is 6.18 Å². The van der Waals surface area contributed by atoms with Crippen molar-refractivity contribution in [2.75, 3.05) is 0 Å². The van der Waals surface area contributed by atoms with Gasteiger partial charge in [0.25, 0.3) is 5.56 Å². The first kappa shape index (κ1) is 21.2. The fraction of sp³-hybridized carbons (Fsp3) is 0.182. The summed E-state index contributed by atoms with van der Waals surface area (Å²) in [6.45, 7) is 0.106. The van der Waals surface area contributed by atoms with Crippen LogP contribution in [0.25, 0.3) is 0 Å². The third kappa shape index (κ3) is 5.73. The molecule has 3 rings (SSSR count). The normalized spacial score (nSPS) is 11.2. The topological polar surface area (TPSA) is 60.3 Å². The number of aromatic nitrogens is 1. The summed E-state index contributed by atoms with van der Waals surface area (Å²) < 4.78 is 44.8. The van der Waals surface area contributed by atoms with Crippen LogP contribution in [-0.2, 0) is 30.7 Å². The minimum absolute atomic E-state index is 0.172. The lowest BCUT2D eigenvalue weighted by molar-refractivity contribution is -0.139. The number of amides is 1. The number of hydrogen-bond acceptors (Lipinski definition) is 3. The minimum Gasteiger partial charge on any atom is -0.489 e. The highest BCUT2D eigenvalue weighted by atomic mass is 19.4. The van der Waals surface area contributed by atoms with Crippen LogP contribution >= 0.6 is 0 Å². The fourth-order valence-electron chi connectivity index (χ4n) is 2.73. The molecule has 3 aromatic rings. The molecule has 0 radical (unpaired) electrons. The zero-order chi connectivity index (χ0) is 21.6. The summed E-state index contributed by atoms with van der Waals surface area (Å²) in [7, 11) is 0. The van der Waals surface area contributed by atoms with E-state index in [1.807, 2.05) is 30.3 Å². The lowest BCUT2D eigenvalue weighted by Gasteiger charge is -2.11. The molecule has 1 heterocycles. The number of benzene rings is 2. The van der Waals surface area contributed by atoms with Gasteiger partial charge in [0.15, 0.2) is 0 Å². The van der Waals surface area contributed by atoms with Crippen LogP contribution in [0.5, 0.6) is 5.75 Å². The maximum absolute atomic E-state index is 12.8. The number of alkyl halides is 3. The van der Waals surface area contributed by atoms with Crippen LogP contribution < -0.4 is 15.6 Å².